The SMILES string of the molecule is CCN1CCC(CNc2snc(N)c2C(=O)NC2CC2)C1. The molecule has 0 aromatic carbocycles. The number of nitrogens with two attached hydrogens (primary N) is 1. The van der Waals surface area contributed by atoms with Crippen LogP contribution in [-0.2, 0) is 0 Å². The van der Waals surface area contributed by atoms with Crippen LogP contribution in [0.1, 0.15) is 36.5 Å². The minimum absolute atomic E-state index is 0.0899. The largest absolute Gasteiger partial charge is 0.382 e. The Hall–Kier alpha value is -1.34. The van der Waals surface area contributed by atoms with Gasteiger partial charge in [0.05, 0.1) is 0 Å². The minimum atomic E-state index is -0.0899. The number of carbonyl (C=O) groups is 1. The van der Waals surface area contributed by atoms with Crippen LogP contribution in [0.25, 0.3) is 0 Å². The summed E-state index contributed by atoms with van der Waals surface area (Å²) in [6, 6.07) is 0.331. The third kappa shape index (κ3) is 3.47. The van der Waals surface area contributed by atoms with Crippen LogP contribution < -0.4 is 16.4 Å². The molecule has 0 spiro atoms. The summed E-state index contributed by atoms with van der Waals surface area (Å²) < 4.78 is 4.13. The smallest absolute Gasteiger partial charge is 0.258 e. The van der Waals surface area contributed by atoms with Gasteiger partial charge in [-0.25, -0.2) is 0 Å². The Labute approximate surface area is 129 Å². The third-order valence-electron chi connectivity index (χ3n) is 4.23. The molecule has 7 heteroatoms. The summed E-state index contributed by atoms with van der Waals surface area (Å²) in [7, 11) is 0. The molecule has 1 aliphatic carbocycles. The number of nitrogens with zero attached hydrogens (tertiary/aromatic N) is 2. The second-order valence-corrected chi connectivity index (χ2v) is 6.72. The molecule has 2 fully saturated rings. The van der Waals surface area contributed by atoms with Crippen molar-refractivity contribution in [1.82, 2.24) is 14.6 Å². The average Bonchev–Trinajstić information content (AvgIpc) is 3.02. The number of nitrogen functional groups attached to an aromatic ring is 1. The van der Waals surface area contributed by atoms with Crippen molar-refractivity contribution >= 4 is 28.3 Å². The quantitative estimate of drug-likeness (QED) is 0.739. The molecule has 1 atom stereocenters. The summed E-state index contributed by atoms with van der Waals surface area (Å²) in [5.41, 5.74) is 6.38. The fraction of sp³-hybridized carbons (Fsp3) is 0.714. The second-order valence-electron chi connectivity index (χ2n) is 5.95. The first-order valence-corrected chi connectivity index (χ1v) is 8.47. The minimum Gasteiger partial charge on any atom is -0.382 e. The zero-order valence-corrected chi connectivity index (χ0v) is 13.2. The maximum atomic E-state index is 12.2. The van der Waals surface area contributed by atoms with Gasteiger partial charge < -0.3 is 21.3 Å². The van der Waals surface area contributed by atoms with Gasteiger partial charge in [-0.15, -0.1) is 0 Å². The lowest BCUT2D eigenvalue weighted by Crippen LogP contribution is -2.27. The number of amides is 1. The van der Waals surface area contributed by atoms with E-state index in [1.54, 1.807) is 0 Å². The van der Waals surface area contributed by atoms with Crippen molar-refractivity contribution < 1.29 is 4.79 Å². The topological polar surface area (TPSA) is 83.3 Å². The Morgan fingerprint density at radius 1 is 1.48 bits per heavy atom. The summed E-state index contributed by atoms with van der Waals surface area (Å²) in [6.45, 7) is 6.48. The van der Waals surface area contributed by atoms with Gasteiger partial charge in [0.25, 0.3) is 5.91 Å². The Morgan fingerprint density at radius 2 is 2.29 bits per heavy atom. The Kier molecular flexibility index (Phi) is 4.30. The molecule has 0 bridgehead atoms. The van der Waals surface area contributed by atoms with E-state index >= 15 is 0 Å². The Morgan fingerprint density at radius 3 is 2.95 bits per heavy atom. The lowest BCUT2D eigenvalue weighted by atomic mass is 10.1. The lowest BCUT2D eigenvalue weighted by Gasteiger charge is -2.14. The number of nitrogens with one attached hydrogen (secondary N) is 2. The summed E-state index contributed by atoms with van der Waals surface area (Å²) in [5.74, 6) is 0.878. The van der Waals surface area contributed by atoms with Crippen LogP contribution in [0.5, 0.6) is 0 Å². The standard InChI is InChI=1S/C14H23N5OS/c1-2-19-6-5-9(8-19)7-16-14-11(12(15)18-21-14)13(20)17-10-3-4-10/h9-10,16H,2-8H2,1H3,(H2,15,18)(H,17,20). The highest BCUT2D eigenvalue weighted by Gasteiger charge is 2.28. The van der Waals surface area contributed by atoms with Crippen molar-refractivity contribution in [3.8, 4) is 0 Å². The van der Waals surface area contributed by atoms with E-state index in [4.69, 9.17) is 5.73 Å². The fourth-order valence-corrected chi connectivity index (χ4v) is 3.45. The van der Waals surface area contributed by atoms with Crippen molar-refractivity contribution in [3.63, 3.8) is 0 Å². The third-order valence-corrected chi connectivity index (χ3v) is 5.05. The van der Waals surface area contributed by atoms with E-state index < -0.39 is 0 Å². The maximum Gasteiger partial charge on any atom is 0.258 e. The lowest BCUT2D eigenvalue weighted by molar-refractivity contribution is 0.0953. The first kappa shape index (κ1) is 14.6. The van der Waals surface area contributed by atoms with Crippen molar-refractivity contribution in [3.05, 3.63) is 5.56 Å². The van der Waals surface area contributed by atoms with Gasteiger partial charge in [0.15, 0.2) is 5.82 Å². The number of hydrogen-bond donors (Lipinski definition) is 3. The molecule has 2 heterocycles. The van der Waals surface area contributed by atoms with Crippen LogP contribution in [0.4, 0.5) is 10.8 Å². The molecule has 3 rings (SSSR count). The molecule has 1 amide bonds. The number of likely N-dealkylation sites (tertiary alicyclic amines) is 1. The van der Waals surface area contributed by atoms with Crippen LogP contribution >= 0.6 is 11.5 Å². The van der Waals surface area contributed by atoms with Crippen molar-refractivity contribution in [2.45, 2.75) is 32.2 Å². The summed E-state index contributed by atoms with van der Waals surface area (Å²) in [6.07, 6.45) is 3.35. The maximum absolute atomic E-state index is 12.2. The molecular formula is C14H23N5OS. The molecule has 21 heavy (non-hydrogen) atoms. The molecule has 1 saturated carbocycles. The predicted molar refractivity (Wildman–Crippen MR) is 85.7 cm³/mol. The monoisotopic (exact) mass is 309 g/mol. The van der Waals surface area contributed by atoms with Gasteiger partial charge in [-0.1, -0.05) is 6.92 Å². The molecule has 6 nitrogen and oxygen atoms in total. The Balaban J connectivity index is 1.59. The molecule has 0 radical (unpaired) electrons. The molecular weight excluding hydrogens is 286 g/mol. The van der Waals surface area contributed by atoms with Gasteiger partial charge >= 0.3 is 0 Å². The number of rotatable bonds is 6. The zero-order valence-electron chi connectivity index (χ0n) is 12.4. The number of aromatic nitrogens is 1. The molecule has 4 N–H and O–H groups in total. The van der Waals surface area contributed by atoms with Crippen LogP contribution in [0.3, 0.4) is 0 Å². The van der Waals surface area contributed by atoms with E-state index in [0.29, 0.717) is 23.3 Å². The highest BCUT2D eigenvalue weighted by molar-refractivity contribution is 7.11. The van der Waals surface area contributed by atoms with Crippen LogP contribution in [0.15, 0.2) is 0 Å². The Bertz CT molecular complexity index is 513. The van der Waals surface area contributed by atoms with E-state index in [0.717, 1.165) is 37.5 Å². The number of anilines is 2. The highest BCUT2D eigenvalue weighted by Crippen LogP contribution is 2.29. The first-order chi connectivity index (χ1) is 10.2. The first-order valence-electron chi connectivity index (χ1n) is 7.69. The average molecular weight is 309 g/mol. The molecule has 1 unspecified atom stereocenters. The van der Waals surface area contributed by atoms with E-state index in [-0.39, 0.29) is 5.91 Å². The van der Waals surface area contributed by atoms with Gasteiger partial charge in [-0.3, -0.25) is 4.79 Å². The molecule has 116 valence electrons. The van der Waals surface area contributed by atoms with E-state index in [2.05, 4.69) is 26.8 Å². The predicted octanol–water partition coefficient (Wildman–Crippen LogP) is 1.37. The molecule has 1 saturated heterocycles. The van der Waals surface area contributed by atoms with Crippen molar-refractivity contribution in [1.29, 1.82) is 0 Å². The second kappa shape index (κ2) is 6.19. The molecule has 1 aliphatic heterocycles. The van der Waals surface area contributed by atoms with Gasteiger partial charge in [0.1, 0.15) is 10.6 Å². The molecule has 1 aromatic heterocycles. The van der Waals surface area contributed by atoms with Crippen LogP contribution in [0.2, 0.25) is 0 Å². The number of hydrogen-bond acceptors (Lipinski definition) is 6. The number of carbonyl (C=O) groups excluding carboxylic acids is 1. The van der Waals surface area contributed by atoms with Crippen LogP contribution in [0, 0.1) is 5.92 Å². The zero-order chi connectivity index (χ0) is 14.8. The van der Waals surface area contributed by atoms with Crippen molar-refractivity contribution in [2.75, 3.05) is 37.2 Å². The molecule has 1 aromatic rings. The van der Waals surface area contributed by atoms with Crippen LogP contribution in [-0.4, -0.2) is 47.4 Å². The van der Waals surface area contributed by atoms with E-state index in [1.807, 2.05) is 0 Å². The molecule has 2 aliphatic rings. The normalized spacial score (nSPS) is 22.4. The fourth-order valence-electron chi connectivity index (χ4n) is 2.73. The van der Waals surface area contributed by atoms with E-state index in [9.17, 15) is 4.79 Å². The summed E-state index contributed by atoms with van der Waals surface area (Å²) in [4.78, 5) is 14.7. The van der Waals surface area contributed by atoms with Gasteiger partial charge in [-0.05, 0) is 49.8 Å². The van der Waals surface area contributed by atoms with Gasteiger partial charge in [0, 0.05) is 19.1 Å². The van der Waals surface area contributed by atoms with Gasteiger partial charge in [0.2, 0.25) is 0 Å². The summed E-state index contributed by atoms with van der Waals surface area (Å²) >= 11 is 1.28. The summed E-state index contributed by atoms with van der Waals surface area (Å²) in [5, 5.41) is 7.17. The highest BCUT2D eigenvalue weighted by atomic mass is 32.1. The van der Waals surface area contributed by atoms with Gasteiger partial charge in [-0.2, -0.15) is 4.37 Å². The van der Waals surface area contributed by atoms with E-state index in [1.165, 1.54) is 24.5 Å². The van der Waals surface area contributed by atoms with Crippen molar-refractivity contribution in [2.24, 2.45) is 5.92 Å².